The van der Waals surface area contributed by atoms with Crippen molar-refractivity contribution >= 4 is 58.9 Å². The Kier molecular flexibility index (Phi) is 14.4. The van der Waals surface area contributed by atoms with E-state index in [4.69, 9.17) is 21.1 Å². The number of rotatable bonds is 11. The molecule has 1 aliphatic rings. The SMILES string of the molecule is CC(C)OC(=O)C(C)(C)Oc1ccc(C(=O)c2ccc(Cl)cc2)cc1.CCN(CC)C(C)CN1c2ccccc2Sc2ccccc21.Cl. The molecule has 0 bridgehead atoms. The number of hydrogen-bond donors (Lipinski definition) is 0. The number of halogens is 2. The molecular formula is C39H46Cl2N2O4S. The van der Waals surface area contributed by atoms with Gasteiger partial charge in [0.25, 0.3) is 0 Å². The van der Waals surface area contributed by atoms with Crippen molar-refractivity contribution in [3.8, 4) is 5.75 Å². The lowest BCUT2D eigenvalue weighted by molar-refractivity contribution is -0.163. The van der Waals surface area contributed by atoms with Crippen LogP contribution in [0.2, 0.25) is 5.02 Å². The molecule has 4 aromatic rings. The van der Waals surface area contributed by atoms with Crippen LogP contribution in [0.5, 0.6) is 5.75 Å². The van der Waals surface area contributed by atoms with Crippen molar-refractivity contribution in [2.75, 3.05) is 24.5 Å². The Morgan fingerprint density at radius 1 is 0.792 bits per heavy atom. The minimum atomic E-state index is -1.12. The highest BCUT2D eigenvalue weighted by atomic mass is 35.5. The molecule has 48 heavy (non-hydrogen) atoms. The molecule has 4 aromatic carbocycles. The molecule has 0 aromatic heterocycles. The Labute approximate surface area is 301 Å². The fourth-order valence-electron chi connectivity index (χ4n) is 5.34. The smallest absolute Gasteiger partial charge is 0.350 e. The van der Waals surface area contributed by atoms with Gasteiger partial charge < -0.3 is 14.4 Å². The van der Waals surface area contributed by atoms with Gasteiger partial charge in [0.15, 0.2) is 11.4 Å². The fraction of sp³-hybridized carbons (Fsp3) is 0.333. The minimum Gasteiger partial charge on any atom is -0.476 e. The molecule has 1 unspecified atom stereocenters. The summed E-state index contributed by atoms with van der Waals surface area (Å²) in [4.78, 5) is 32.2. The van der Waals surface area contributed by atoms with Crippen LogP contribution in [0.1, 0.15) is 64.4 Å². The monoisotopic (exact) mass is 708 g/mol. The number of anilines is 2. The molecule has 0 aliphatic carbocycles. The number of likely N-dealkylation sites (N-methyl/N-ethyl adjacent to an activating group) is 1. The van der Waals surface area contributed by atoms with Crippen LogP contribution < -0.4 is 9.64 Å². The van der Waals surface area contributed by atoms with E-state index in [1.807, 2.05) is 11.8 Å². The first-order chi connectivity index (χ1) is 22.4. The average molecular weight is 710 g/mol. The summed E-state index contributed by atoms with van der Waals surface area (Å²) in [7, 11) is 0. The maximum absolute atomic E-state index is 12.4. The maximum atomic E-state index is 12.4. The molecule has 0 spiro atoms. The molecule has 0 radical (unpaired) electrons. The van der Waals surface area contributed by atoms with E-state index in [1.54, 1.807) is 76.2 Å². The van der Waals surface area contributed by atoms with E-state index in [-0.39, 0.29) is 24.3 Å². The predicted octanol–water partition coefficient (Wildman–Crippen LogP) is 10.1. The summed E-state index contributed by atoms with van der Waals surface area (Å²) in [5.74, 6) is -0.0659. The predicted molar refractivity (Wildman–Crippen MR) is 201 cm³/mol. The Bertz CT molecular complexity index is 1600. The highest BCUT2D eigenvalue weighted by Crippen LogP contribution is 2.47. The summed E-state index contributed by atoms with van der Waals surface area (Å²) in [6.45, 7) is 16.9. The van der Waals surface area contributed by atoms with Crippen molar-refractivity contribution in [2.24, 2.45) is 0 Å². The lowest BCUT2D eigenvalue weighted by Gasteiger charge is -2.37. The van der Waals surface area contributed by atoms with Crippen LogP contribution in [-0.4, -0.2) is 54.0 Å². The highest BCUT2D eigenvalue weighted by molar-refractivity contribution is 7.99. The number of carbonyl (C=O) groups excluding carboxylic acids is 2. The average Bonchev–Trinajstić information content (AvgIpc) is 3.05. The molecule has 9 heteroatoms. The number of benzene rings is 4. The van der Waals surface area contributed by atoms with Gasteiger partial charge in [-0.15, -0.1) is 12.4 Å². The van der Waals surface area contributed by atoms with Gasteiger partial charge in [0.2, 0.25) is 0 Å². The van der Waals surface area contributed by atoms with E-state index in [9.17, 15) is 9.59 Å². The Balaban J connectivity index is 0.000000257. The second-order valence-corrected chi connectivity index (χ2v) is 13.7. The molecule has 0 saturated heterocycles. The van der Waals surface area contributed by atoms with Crippen LogP contribution in [-0.2, 0) is 9.53 Å². The van der Waals surface area contributed by atoms with E-state index in [0.717, 1.165) is 19.6 Å². The number of para-hydroxylation sites is 2. The second-order valence-electron chi connectivity index (χ2n) is 12.1. The summed E-state index contributed by atoms with van der Waals surface area (Å²) in [5.41, 5.74) is 2.64. The lowest BCUT2D eigenvalue weighted by Crippen LogP contribution is -2.41. The van der Waals surface area contributed by atoms with Crippen molar-refractivity contribution in [1.29, 1.82) is 0 Å². The van der Waals surface area contributed by atoms with Crippen molar-refractivity contribution in [3.05, 3.63) is 113 Å². The van der Waals surface area contributed by atoms with Crippen molar-refractivity contribution < 1.29 is 19.1 Å². The number of ether oxygens (including phenoxy) is 2. The molecule has 1 atom stereocenters. The molecule has 0 saturated carbocycles. The zero-order valence-corrected chi connectivity index (χ0v) is 31.1. The lowest BCUT2D eigenvalue weighted by atomic mass is 10.0. The zero-order valence-electron chi connectivity index (χ0n) is 28.7. The van der Waals surface area contributed by atoms with Gasteiger partial charge in [-0.1, -0.05) is 61.5 Å². The second kappa shape index (κ2) is 17.8. The molecule has 1 heterocycles. The van der Waals surface area contributed by atoms with Gasteiger partial charge in [0, 0.05) is 38.5 Å². The third kappa shape index (κ3) is 10.0. The van der Waals surface area contributed by atoms with Gasteiger partial charge in [0.1, 0.15) is 5.75 Å². The first-order valence-electron chi connectivity index (χ1n) is 16.1. The van der Waals surface area contributed by atoms with Gasteiger partial charge >= 0.3 is 5.97 Å². The molecule has 0 N–H and O–H groups in total. The number of hydrogen-bond acceptors (Lipinski definition) is 7. The summed E-state index contributed by atoms with van der Waals surface area (Å²) < 4.78 is 10.9. The maximum Gasteiger partial charge on any atom is 0.350 e. The Hall–Kier alpha value is -3.49. The minimum absolute atomic E-state index is 0. The number of nitrogens with zero attached hydrogens (tertiary/aromatic N) is 2. The number of carbonyl (C=O) groups is 2. The molecule has 256 valence electrons. The zero-order chi connectivity index (χ0) is 34.1. The van der Waals surface area contributed by atoms with Crippen LogP contribution in [0.25, 0.3) is 0 Å². The van der Waals surface area contributed by atoms with Gasteiger partial charge in [0.05, 0.1) is 17.5 Å². The van der Waals surface area contributed by atoms with Gasteiger partial charge in [-0.2, -0.15) is 0 Å². The fourth-order valence-corrected chi connectivity index (χ4v) is 6.56. The third-order valence-electron chi connectivity index (χ3n) is 7.84. The van der Waals surface area contributed by atoms with E-state index in [0.29, 0.717) is 27.9 Å². The van der Waals surface area contributed by atoms with Gasteiger partial charge in [-0.05, 0) is 121 Å². The molecule has 5 rings (SSSR count). The summed E-state index contributed by atoms with van der Waals surface area (Å²) in [6, 6.07) is 31.4. The third-order valence-corrected chi connectivity index (χ3v) is 9.23. The van der Waals surface area contributed by atoms with Crippen LogP contribution in [0.3, 0.4) is 0 Å². The molecule has 1 aliphatic heterocycles. The molecule has 6 nitrogen and oxygen atoms in total. The van der Waals surface area contributed by atoms with Crippen molar-refractivity contribution in [1.82, 2.24) is 4.90 Å². The topological polar surface area (TPSA) is 59.1 Å². The van der Waals surface area contributed by atoms with E-state index < -0.39 is 11.6 Å². The summed E-state index contributed by atoms with van der Waals surface area (Å²) >= 11 is 7.71. The van der Waals surface area contributed by atoms with Crippen molar-refractivity contribution in [2.45, 2.75) is 76.0 Å². The van der Waals surface area contributed by atoms with E-state index in [1.165, 1.54) is 21.2 Å². The van der Waals surface area contributed by atoms with Crippen LogP contribution in [0.15, 0.2) is 107 Å². The van der Waals surface area contributed by atoms with E-state index >= 15 is 0 Å². The Morgan fingerprint density at radius 3 is 1.75 bits per heavy atom. The number of fused-ring (bicyclic) bond motifs is 2. The Morgan fingerprint density at radius 2 is 1.27 bits per heavy atom. The van der Waals surface area contributed by atoms with Crippen LogP contribution >= 0.6 is 35.8 Å². The standard InChI is InChI=1S/C20H21ClO4.C19H24N2S.ClH/c1-13(2)24-19(23)20(3,4)25-17-11-7-15(8-12-17)18(22)14-5-9-16(21)10-6-14;1-4-20(5-2)15(3)14-21-16-10-6-8-12-18(16)22-19-13-9-7-11-17(19)21;/h5-13H,1-4H3;6-13,15H,4-5,14H2,1-3H3;1H. The molecule has 0 fully saturated rings. The van der Waals surface area contributed by atoms with Gasteiger partial charge in [-0.25, -0.2) is 4.79 Å². The first kappa shape index (κ1) is 39.0. The summed E-state index contributed by atoms with van der Waals surface area (Å²) in [5, 5.41) is 0.579. The van der Waals surface area contributed by atoms with Crippen molar-refractivity contribution in [3.63, 3.8) is 0 Å². The first-order valence-corrected chi connectivity index (χ1v) is 17.3. The normalized spacial score (nSPS) is 12.6. The number of ketones is 1. The molecule has 0 amide bonds. The van der Waals surface area contributed by atoms with Crippen LogP contribution in [0.4, 0.5) is 11.4 Å². The van der Waals surface area contributed by atoms with Gasteiger partial charge in [-0.3, -0.25) is 9.69 Å². The largest absolute Gasteiger partial charge is 0.476 e. The quantitative estimate of drug-likeness (QED) is 0.114. The number of esters is 1. The van der Waals surface area contributed by atoms with Crippen LogP contribution in [0, 0.1) is 0 Å². The summed E-state index contributed by atoms with van der Waals surface area (Å²) in [6.07, 6.45) is -0.213. The molecular weight excluding hydrogens is 663 g/mol. The van der Waals surface area contributed by atoms with E-state index in [2.05, 4.69) is 79.1 Å². The highest BCUT2D eigenvalue weighted by Gasteiger charge is 2.32.